The third-order valence-electron chi connectivity index (χ3n) is 6.08. The van der Waals surface area contributed by atoms with Crippen molar-refractivity contribution in [1.29, 1.82) is 0 Å². The molecule has 2 nitrogen and oxygen atoms in total. The molecular formula is C15H24O2. The van der Waals surface area contributed by atoms with E-state index in [1.807, 2.05) is 0 Å². The summed E-state index contributed by atoms with van der Waals surface area (Å²) >= 11 is 0. The minimum absolute atomic E-state index is 0.250. The molecule has 0 atom stereocenters. The summed E-state index contributed by atoms with van der Waals surface area (Å²) in [7, 11) is 0. The van der Waals surface area contributed by atoms with E-state index in [9.17, 15) is 0 Å². The van der Waals surface area contributed by atoms with Crippen molar-refractivity contribution in [2.75, 3.05) is 0 Å². The summed E-state index contributed by atoms with van der Waals surface area (Å²) < 4.78 is 0. The average Bonchev–Trinajstić information content (AvgIpc) is 2.30. The summed E-state index contributed by atoms with van der Waals surface area (Å²) in [4.78, 5) is 16.2. The van der Waals surface area contributed by atoms with Crippen LogP contribution in [0.25, 0.3) is 0 Å². The van der Waals surface area contributed by atoms with Gasteiger partial charge in [-0.05, 0) is 74.0 Å². The first kappa shape index (κ1) is 12.8. The number of hydrogen-bond acceptors (Lipinski definition) is 2. The molecule has 4 aliphatic carbocycles. The van der Waals surface area contributed by atoms with Crippen LogP contribution in [0.15, 0.2) is 0 Å². The van der Waals surface area contributed by atoms with Gasteiger partial charge in [0.25, 0.3) is 0 Å². The SMILES string of the molecule is CCC1(CC)C2CC3CC(C2)CC1C3.O=C=O. The van der Waals surface area contributed by atoms with Crippen LogP contribution in [0.5, 0.6) is 0 Å². The molecule has 0 saturated heterocycles. The van der Waals surface area contributed by atoms with Gasteiger partial charge in [0.05, 0.1) is 0 Å². The molecule has 2 heteroatoms. The Labute approximate surface area is 104 Å². The second-order valence-electron chi connectivity index (χ2n) is 6.33. The Hall–Kier alpha value is -0.620. The Morgan fingerprint density at radius 1 is 0.882 bits per heavy atom. The minimum Gasteiger partial charge on any atom is -0.186 e. The lowest BCUT2D eigenvalue weighted by Crippen LogP contribution is -2.52. The van der Waals surface area contributed by atoms with E-state index in [0.717, 1.165) is 29.1 Å². The Bertz CT molecular complexity index is 268. The molecule has 4 bridgehead atoms. The van der Waals surface area contributed by atoms with Crippen LogP contribution in [0.4, 0.5) is 0 Å². The molecule has 96 valence electrons. The van der Waals surface area contributed by atoms with Crippen LogP contribution in [0, 0.1) is 29.1 Å². The highest BCUT2D eigenvalue weighted by Gasteiger charge is 2.54. The molecule has 0 aromatic rings. The quantitative estimate of drug-likeness (QED) is 0.733. The summed E-state index contributed by atoms with van der Waals surface area (Å²) in [5.41, 5.74) is 0.785. The van der Waals surface area contributed by atoms with E-state index in [4.69, 9.17) is 9.59 Å². The van der Waals surface area contributed by atoms with E-state index in [1.54, 1.807) is 32.1 Å². The highest BCUT2D eigenvalue weighted by molar-refractivity contribution is 5.20. The number of carbonyl (C=O) groups excluding carboxylic acids is 2. The topological polar surface area (TPSA) is 34.1 Å². The summed E-state index contributed by atoms with van der Waals surface area (Å²) in [6.07, 6.45) is 11.1. The molecule has 17 heavy (non-hydrogen) atoms. The first-order valence-corrected chi connectivity index (χ1v) is 7.19. The van der Waals surface area contributed by atoms with Crippen LogP contribution in [0.3, 0.4) is 0 Å². The van der Waals surface area contributed by atoms with Gasteiger partial charge in [-0.3, -0.25) is 0 Å². The maximum atomic E-state index is 8.12. The minimum atomic E-state index is 0.250. The maximum absolute atomic E-state index is 8.12. The van der Waals surface area contributed by atoms with Gasteiger partial charge in [-0.1, -0.05) is 13.8 Å². The van der Waals surface area contributed by atoms with E-state index in [1.165, 1.54) is 12.8 Å². The molecule has 0 N–H and O–H groups in total. The van der Waals surface area contributed by atoms with E-state index >= 15 is 0 Å². The standard InChI is InChI=1S/C14H24.CO2/c1-3-14(4-2)12-6-10-5-11(8-12)9-13(14)7-10;2-1-3/h10-13H,3-9H2,1-2H3;. The van der Waals surface area contributed by atoms with Gasteiger partial charge in [-0.15, -0.1) is 0 Å². The zero-order valence-electron chi connectivity index (χ0n) is 11.1. The summed E-state index contributed by atoms with van der Waals surface area (Å²) in [6.45, 7) is 4.90. The average molecular weight is 236 g/mol. The molecule has 0 unspecified atom stereocenters. The van der Waals surface area contributed by atoms with Crippen LogP contribution in [-0.4, -0.2) is 6.15 Å². The molecule has 4 rings (SSSR count). The summed E-state index contributed by atoms with van der Waals surface area (Å²) in [5.74, 6) is 4.52. The Morgan fingerprint density at radius 3 is 1.53 bits per heavy atom. The molecule has 0 aliphatic heterocycles. The van der Waals surface area contributed by atoms with Crippen molar-refractivity contribution < 1.29 is 9.59 Å². The number of hydrogen-bond donors (Lipinski definition) is 0. The van der Waals surface area contributed by atoms with Crippen LogP contribution in [0.2, 0.25) is 0 Å². The predicted octanol–water partition coefficient (Wildman–Crippen LogP) is 3.67. The fourth-order valence-corrected chi connectivity index (χ4v) is 5.53. The molecule has 0 amide bonds. The van der Waals surface area contributed by atoms with E-state index in [0.29, 0.717) is 0 Å². The third kappa shape index (κ3) is 1.97. The molecule has 0 heterocycles. The van der Waals surface area contributed by atoms with Gasteiger partial charge in [0, 0.05) is 0 Å². The van der Waals surface area contributed by atoms with Gasteiger partial charge in [0.2, 0.25) is 0 Å². The molecule has 0 spiro atoms. The molecule has 4 fully saturated rings. The number of rotatable bonds is 2. The van der Waals surface area contributed by atoms with Gasteiger partial charge in [0.15, 0.2) is 0 Å². The second kappa shape index (κ2) is 4.94. The van der Waals surface area contributed by atoms with E-state index in [-0.39, 0.29) is 6.15 Å². The molecular weight excluding hydrogens is 212 g/mol. The van der Waals surface area contributed by atoms with Crippen LogP contribution in [-0.2, 0) is 9.59 Å². The van der Waals surface area contributed by atoms with Crippen molar-refractivity contribution in [3.63, 3.8) is 0 Å². The van der Waals surface area contributed by atoms with Crippen LogP contribution in [0.1, 0.15) is 58.8 Å². The largest absolute Gasteiger partial charge is 0.373 e. The van der Waals surface area contributed by atoms with Crippen molar-refractivity contribution in [3.05, 3.63) is 0 Å². The van der Waals surface area contributed by atoms with Gasteiger partial charge in [-0.25, -0.2) is 0 Å². The fraction of sp³-hybridized carbons (Fsp3) is 0.933. The smallest absolute Gasteiger partial charge is 0.186 e. The lowest BCUT2D eigenvalue weighted by molar-refractivity contribution is -0.191. The Balaban J connectivity index is 0.000000329. The van der Waals surface area contributed by atoms with Gasteiger partial charge < -0.3 is 0 Å². The Morgan fingerprint density at radius 2 is 1.24 bits per heavy atom. The molecule has 0 aromatic carbocycles. The second-order valence-corrected chi connectivity index (χ2v) is 6.33. The summed E-state index contributed by atoms with van der Waals surface area (Å²) in [5, 5.41) is 0. The zero-order valence-corrected chi connectivity index (χ0v) is 11.1. The van der Waals surface area contributed by atoms with Crippen molar-refractivity contribution in [2.24, 2.45) is 29.1 Å². The predicted molar refractivity (Wildman–Crippen MR) is 65.1 cm³/mol. The van der Waals surface area contributed by atoms with Crippen molar-refractivity contribution in [2.45, 2.75) is 58.8 Å². The molecule has 4 aliphatic rings. The van der Waals surface area contributed by atoms with Crippen LogP contribution < -0.4 is 0 Å². The zero-order chi connectivity index (χ0) is 12.5. The normalized spacial score (nSPS) is 40.4. The van der Waals surface area contributed by atoms with Crippen molar-refractivity contribution in [1.82, 2.24) is 0 Å². The fourth-order valence-electron chi connectivity index (χ4n) is 5.53. The first-order valence-electron chi connectivity index (χ1n) is 7.19. The van der Waals surface area contributed by atoms with Crippen LogP contribution >= 0.6 is 0 Å². The maximum Gasteiger partial charge on any atom is 0.373 e. The molecule has 0 radical (unpaired) electrons. The van der Waals surface area contributed by atoms with Crippen molar-refractivity contribution in [3.8, 4) is 0 Å². The van der Waals surface area contributed by atoms with Crippen molar-refractivity contribution >= 4 is 6.15 Å². The highest BCUT2D eigenvalue weighted by Crippen LogP contribution is 2.64. The van der Waals surface area contributed by atoms with Gasteiger partial charge >= 0.3 is 6.15 Å². The third-order valence-corrected chi connectivity index (χ3v) is 6.08. The molecule has 0 aromatic heterocycles. The highest BCUT2D eigenvalue weighted by atomic mass is 16.2. The lowest BCUT2D eigenvalue weighted by atomic mass is 9.44. The molecule has 4 saturated carbocycles. The van der Waals surface area contributed by atoms with Gasteiger partial charge in [0.1, 0.15) is 0 Å². The lowest BCUT2D eigenvalue weighted by Gasteiger charge is -2.61. The van der Waals surface area contributed by atoms with E-state index < -0.39 is 0 Å². The first-order chi connectivity index (χ1) is 8.20. The van der Waals surface area contributed by atoms with Gasteiger partial charge in [-0.2, -0.15) is 9.59 Å². The summed E-state index contributed by atoms with van der Waals surface area (Å²) in [6, 6.07) is 0. The Kier molecular flexibility index (Phi) is 3.73. The van der Waals surface area contributed by atoms with E-state index in [2.05, 4.69) is 13.8 Å². The monoisotopic (exact) mass is 236 g/mol.